The van der Waals surface area contributed by atoms with Crippen LogP contribution in [0.2, 0.25) is 5.02 Å². The molecular weight excluding hydrogens is 374 g/mol. The molecule has 0 saturated carbocycles. The predicted molar refractivity (Wildman–Crippen MR) is 110 cm³/mol. The highest BCUT2D eigenvalue weighted by atomic mass is 35.5. The van der Waals surface area contributed by atoms with Gasteiger partial charge >= 0.3 is 0 Å². The van der Waals surface area contributed by atoms with E-state index in [-0.39, 0.29) is 6.04 Å². The lowest BCUT2D eigenvalue weighted by Crippen LogP contribution is -2.12. The van der Waals surface area contributed by atoms with Crippen LogP contribution in [0.15, 0.2) is 83.3 Å². The molecule has 1 aromatic heterocycles. The molecule has 1 heterocycles. The number of hydrogen-bond acceptors (Lipinski definition) is 5. The van der Waals surface area contributed by atoms with Crippen molar-refractivity contribution in [2.75, 3.05) is 12.4 Å². The minimum absolute atomic E-state index is 0.289. The van der Waals surface area contributed by atoms with E-state index in [1.54, 1.807) is 19.2 Å². The summed E-state index contributed by atoms with van der Waals surface area (Å²) in [6.45, 7) is 0. The average molecular weight is 392 g/mol. The van der Waals surface area contributed by atoms with Gasteiger partial charge in [-0.25, -0.2) is 0 Å². The molecule has 0 aliphatic rings. The summed E-state index contributed by atoms with van der Waals surface area (Å²) < 4.78 is 11.2. The van der Waals surface area contributed by atoms with Crippen LogP contribution in [0.25, 0.3) is 11.5 Å². The molecule has 0 radical (unpaired) electrons. The van der Waals surface area contributed by atoms with E-state index >= 15 is 0 Å². The zero-order chi connectivity index (χ0) is 19.3. The van der Waals surface area contributed by atoms with Gasteiger partial charge in [-0.05, 0) is 54.1 Å². The van der Waals surface area contributed by atoms with Gasteiger partial charge in [0.15, 0.2) is 0 Å². The first-order valence-corrected chi connectivity index (χ1v) is 9.15. The number of benzene rings is 3. The van der Waals surface area contributed by atoms with Gasteiger partial charge in [0.05, 0.1) is 7.11 Å². The molecule has 28 heavy (non-hydrogen) atoms. The highest BCUT2D eigenvalue weighted by Crippen LogP contribution is 2.29. The fourth-order valence-electron chi connectivity index (χ4n) is 2.85. The number of nitrogens with one attached hydrogen (secondary N) is 1. The second kappa shape index (κ2) is 8.15. The fraction of sp³-hybridized carbons (Fsp3) is 0.0909. The van der Waals surface area contributed by atoms with E-state index in [2.05, 4.69) is 15.5 Å². The number of ether oxygens (including phenoxy) is 1. The summed E-state index contributed by atoms with van der Waals surface area (Å²) in [5.41, 5.74) is 2.75. The number of methoxy groups -OCH3 is 1. The normalized spacial score (nSPS) is 11.8. The lowest BCUT2D eigenvalue weighted by Gasteiger charge is -2.17. The first-order chi connectivity index (χ1) is 13.7. The fourth-order valence-corrected chi connectivity index (χ4v) is 2.97. The Kier molecular flexibility index (Phi) is 5.26. The first-order valence-electron chi connectivity index (χ1n) is 8.78. The van der Waals surface area contributed by atoms with Crippen LogP contribution in [0.4, 0.5) is 5.69 Å². The standard InChI is InChI=1S/C22H18ClN3O2/c1-27-19-13-11-18(12-14-19)24-20(15-5-3-2-4-6-15)22-26-25-21(28-22)16-7-9-17(23)10-8-16/h2-14,20,24H,1H3. The van der Waals surface area contributed by atoms with E-state index in [0.717, 1.165) is 22.6 Å². The third kappa shape index (κ3) is 4.00. The van der Waals surface area contributed by atoms with Crippen molar-refractivity contribution in [3.05, 3.63) is 95.3 Å². The van der Waals surface area contributed by atoms with Gasteiger partial charge in [-0.15, -0.1) is 10.2 Å². The monoisotopic (exact) mass is 391 g/mol. The molecule has 0 spiro atoms. The lowest BCUT2D eigenvalue weighted by atomic mass is 10.1. The molecule has 140 valence electrons. The number of rotatable bonds is 6. The van der Waals surface area contributed by atoms with Crippen LogP contribution in [-0.2, 0) is 0 Å². The largest absolute Gasteiger partial charge is 0.497 e. The van der Waals surface area contributed by atoms with Crippen LogP contribution >= 0.6 is 11.6 Å². The van der Waals surface area contributed by atoms with Crippen molar-refractivity contribution in [1.82, 2.24) is 10.2 Å². The van der Waals surface area contributed by atoms with E-state index in [9.17, 15) is 0 Å². The van der Waals surface area contributed by atoms with Crippen molar-refractivity contribution in [3.63, 3.8) is 0 Å². The molecule has 0 aliphatic heterocycles. The number of hydrogen-bond donors (Lipinski definition) is 1. The highest BCUT2D eigenvalue weighted by Gasteiger charge is 2.21. The van der Waals surface area contributed by atoms with Gasteiger partial charge in [-0.3, -0.25) is 0 Å². The molecule has 3 aromatic carbocycles. The van der Waals surface area contributed by atoms with E-state index in [1.165, 1.54) is 0 Å². The number of nitrogens with zero attached hydrogens (tertiary/aromatic N) is 2. The summed E-state index contributed by atoms with van der Waals surface area (Å²) in [5, 5.41) is 12.6. The first kappa shape index (κ1) is 18.1. The van der Waals surface area contributed by atoms with E-state index in [4.69, 9.17) is 20.8 Å². The smallest absolute Gasteiger partial charge is 0.247 e. The molecule has 5 nitrogen and oxygen atoms in total. The van der Waals surface area contributed by atoms with Crippen LogP contribution in [-0.4, -0.2) is 17.3 Å². The summed E-state index contributed by atoms with van der Waals surface area (Å²) in [5.74, 6) is 1.72. The Morgan fingerprint density at radius 2 is 1.61 bits per heavy atom. The van der Waals surface area contributed by atoms with Crippen molar-refractivity contribution in [1.29, 1.82) is 0 Å². The third-order valence-electron chi connectivity index (χ3n) is 4.31. The Morgan fingerprint density at radius 3 is 2.29 bits per heavy atom. The number of aromatic nitrogens is 2. The quantitative estimate of drug-likeness (QED) is 0.463. The Balaban J connectivity index is 1.66. The van der Waals surface area contributed by atoms with Gasteiger partial charge < -0.3 is 14.5 Å². The molecule has 0 saturated heterocycles. The average Bonchev–Trinajstić information content (AvgIpc) is 3.23. The van der Waals surface area contributed by atoms with Crippen molar-refractivity contribution in [2.45, 2.75) is 6.04 Å². The number of anilines is 1. The number of halogens is 1. The maximum absolute atomic E-state index is 5.99. The van der Waals surface area contributed by atoms with Crippen LogP contribution < -0.4 is 10.1 Å². The van der Waals surface area contributed by atoms with E-state index in [1.807, 2.05) is 66.7 Å². The van der Waals surface area contributed by atoms with Gasteiger partial charge in [-0.1, -0.05) is 41.9 Å². The predicted octanol–water partition coefficient (Wildman–Crippen LogP) is 5.60. The Labute approximate surface area is 168 Å². The summed E-state index contributed by atoms with van der Waals surface area (Å²) in [6.07, 6.45) is 0. The summed E-state index contributed by atoms with van der Waals surface area (Å²) in [6, 6.07) is 24.7. The molecule has 1 unspecified atom stereocenters. The van der Waals surface area contributed by atoms with Crippen molar-refractivity contribution in [3.8, 4) is 17.2 Å². The van der Waals surface area contributed by atoms with Gasteiger partial charge in [0.2, 0.25) is 11.8 Å². The minimum Gasteiger partial charge on any atom is -0.497 e. The maximum Gasteiger partial charge on any atom is 0.247 e. The molecular formula is C22H18ClN3O2. The molecule has 0 amide bonds. The SMILES string of the molecule is COc1ccc(NC(c2ccccc2)c2nnc(-c3ccc(Cl)cc3)o2)cc1. The summed E-state index contributed by atoms with van der Waals surface area (Å²) in [4.78, 5) is 0. The molecule has 1 atom stereocenters. The Morgan fingerprint density at radius 1 is 0.893 bits per heavy atom. The van der Waals surface area contributed by atoms with Crippen LogP contribution in [0, 0.1) is 0 Å². The summed E-state index contributed by atoms with van der Waals surface area (Å²) >= 11 is 5.96. The zero-order valence-electron chi connectivity index (χ0n) is 15.2. The van der Waals surface area contributed by atoms with Gasteiger partial charge in [-0.2, -0.15) is 0 Å². The molecule has 0 aliphatic carbocycles. The minimum atomic E-state index is -0.289. The van der Waals surface area contributed by atoms with Gasteiger partial charge in [0.1, 0.15) is 11.8 Å². The van der Waals surface area contributed by atoms with E-state index < -0.39 is 0 Å². The van der Waals surface area contributed by atoms with E-state index in [0.29, 0.717) is 16.8 Å². The highest BCUT2D eigenvalue weighted by molar-refractivity contribution is 6.30. The van der Waals surface area contributed by atoms with Crippen molar-refractivity contribution >= 4 is 17.3 Å². The molecule has 4 rings (SSSR count). The van der Waals surface area contributed by atoms with Gasteiger partial charge in [0.25, 0.3) is 0 Å². The van der Waals surface area contributed by atoms with Crippen molar-refractivity contribution in [2.24, 2.45) is 0 Å². The summed E-state index contributed by atoms with van der Waals surface area (Å²) in [7, 11) is 1.64. The maximum atomic E-state index is 5.99. The second-order valence-electron chi connectivity index (χ2n) is 6.17. The Hall–Kier alpha value is -3.31. The Bertz CT molecular complexity index is 1030. The lowest BCUT2D eigenvalue weighted by molar-refractivity contribution is 0.415. The van der Waals surface area contributed by atoms with Crippen molar-refractivity contribution < 1.29 is 9.15 Å². The van der Waals surface area contributed by atoms with Crippen LogP contribution in [0.5, 0.6) is 5.75 Å². The molecule has 6 heteroatoms. The van der Waals surface area contributed by atoms with Crippen LogP contribution in [0.3, 0.4) is 0 Å². The third-order valence-corrected chi connectivity index (χ3v) is 4.56. The molecule has 0 bridgehead atoms. The molecule has 4 aromatic rings. The molecule has 1 N–H and O–H groups in total. The molecule has 0 fully saturated rings. The topological polar surface area (TPSA) is 60.2 Å². The van der Waals surface area contributed by atoms with Crippen LogP contribution in [0.1, 0.15) is 17.5 Å². The zero-order valence-corrected chi connectivity index (χ0v) is 15.9. The second-order valence-corrected chi connectivity index (χ2v) is 6.61. The van der Waals surface area contributed by atoms with Gasteiger partial charge in [0, 0.05) is 16.3 Å².